The van der Waals surface area contributed by atoms with Gasteiger partial charge in [0, 0.05) is 0 Å². The van der Waals surface area contributed by atoms with Gasteiger partial charge in [-0.2, -0.15) is 0 Å². The molecule has 0 aliphatic carbocycles. The van der Waals surface area contributed by atoms with Gasteiger partial charge in [0.15, 0.2) is 0 Å². The largest absolute Gasteiger partial charge is 0.216 e. The van der Waals surface area contributed by atoms with Crippen molar-refractivity contribution in [3.63, 3.8) is 0 Å². The van der Waals surface area contributed by atoms with E-state index in [1.165, 1.54) is 0 Å². The lowest BCUT2D eigenvalue weighted by molar-refractivity contribution is 0.231. The van der Waals surface area contributed by atoms with E-state index in [9.17, 15) is 26.3 Å². The summed E-state index contributed by atoms with van der Waals surface area (Å²) in [6, 6.07) is -6.73. The second kappa shape index (κ2) is 9.28. The van der Waals surface area contributed by atoms with Gasteiger partial charge in [0.2, 0.25) is 18.1 Å². The van der Waals surface area contributed by atoms with Crippen LogP contribution in [0.4, 0.5) is 26.3 Å². The average molecular weight is 298 g/mol. The predicted molar refractivity (Wildman–Crippen MR) is 61.4 cm³/mol. The van der Waals surface area contributed by atoms with Crippen LogP contribution >= 0.6 is 0 Å². The highest BCUT2D eigenvalue weighted by Crippen LogP contribution is 2.18. The molecule has 0 saturated heterocycles. The molecule has 9 heteroatoms. The Morgan fingerprint density at radius 3 is 1.62 bits per heavy atom. The minimum Gasteiger partial charge on any atom is -0.216 e. The highest BCUT2D eigenvalue weighted by Gasteiger charge is 2.21. The van der Waals surface area contributed by atoms with E-state index in [4.69, 9.17) is 0 Å². The van der Waals surface area contributed by atoms with Crippen LogP contribution in [0.1, 0.15) is 12.8 Å². The topological polar surface area (TPSA) is 0 Å². The molecule has 0 unspecified atom stereocenters. The van der Waals surface area contributed by atoms with Gasteiger partial charge in [-0.1, -0.05) is 18.9 Å². The van der Waals surface area contributed by atoms with E-state index < -0.39 is 51.9 Å². The van der Waals surface area contributed by atoms with Crippen molar-refractivity contribution in [1.29, 1.82) is 0 Å². The summed E-state index contributed by atoms with van der Waals surface area (Å²) in [4.78, 5) is 0. The molecule has 0 aromatic heterocycles. The fourth-order valence-corrected chi connectivity index (χ4v) is 6.79. The molecule has 0 heterocycles. The Kier molecular flexibility index (Phi) is 9.41. The fourth-order valence-electron chi connectivity index (χ4n) is 1.57. The van der Waals surface area contributed by atoms with E-state index in [1.54, 1.807) is 0 Å². The average Bonchev–Trinajstić information content (AvgIpc) is 2.09. The summed E-state index contributed by atoms with van der Waals surface area (Å²) in [6.45, 7) is 0. The molecule has 0 rings (SSSR count). The Morgan fingerprint density at radius 2 is 1.25 bits per heavy atom. The zero-order valence-corrected chi connectivity index (χ0v) is 13.1. The van der Waals surface area contributed by atoms with Crippen LogP contribution in [0.2, 0.25) is 11.2 Å². The second-order valence-electron chi connectivity index (χ2n) is 3.80. The van der Waals surface area contributed by atoms with Crippen molar-refractivity contribution in [1.82, 2.24) is 0 Å². The summed E-state index contributed by atoms with van der Waals surface area (Å²) in [6.07, 6.45) is 0.757. The zero-order valence-electron chi connectivity index (χ0n) is 8.82. The molecule has 0 nitrogen and oxygen atoms in total. The van der Waals surface area contributed by atoms with Gasteiger partial charge in [-0.15, -0.1) is 0 Å². The number of halogens is 6. The van der Waals surface area contributed by atoms with Gasteiger partial charge >= 0.3 is 0 Å². The SMILES string of the molecule is FC(F)[SiH2]CCCC([SiH2]C(F)F)[SiH2]C(F)F. The third kappa shape index (κ3) is 10.7. The first-order valence-electron chi connectivity index (χ1n) is 5.26. The minimum absolute atomic E-state index is 0.326. The highest BCUT2D eigenvalue weighted by molar-refractivity contribution is 6.59. The van der Waals surface area contributed by atoms with Gasteiger partial charge in [-0.3, -0.25) is 0 Å². The van der Waals surface area contributed by atoms with Gasteiger partial charge < -0.3 is 0 Å². The molecule has 16 heavy (non-hydrogen) atoms. The minimum atomic E-state index is -2.43. The first-order chi connectivity index (χ1) is 7.41. The van der Waals surface area contributed by atoms with Crippen molar-refractivity contribution in [3.8, 4) is 0 Å². The van der Waals surface area contributed by atoms with E-state index in [0.29, 0.717) is 18.9 Å². The van der Waals surface area contributed by atoms with Crippen molar-refractivity contribution in [3.05, 3.63) is 0 Å². The van der Waals surface area contributed by atoms with E-state index in [1.807, 2.05) is 0 Å². The first-order valence-corrected chi connectivity index (χ1v) is 10.3. The zero-order chi connectivity index (χ0) is 12.6. The van der Waals surface area contributed by atoms with Gasteiger partial charge in [0.1, 0.15) is 28.6 Å². The van der Waals surface area contributed by atoms with Gasteiger partial charge in [-0.25, -0.2) is 26.3 Å². The van der Waals surface area contributed by atoms with Gasteiger partial charge in [-0.05, 0) is 5.16 Å². The summed E-state index contributed by atoms with van der Waals surface area (Å²) in [5.74, 6) is 0. The molecule has 0 amide bonds. The molecular formula is C7H16F6Si3. The van der Waals surface area contributed by atoms with E-state index in [-0.39, 0.29) is 0 Å². The summed E-state index contributed by atoms with van der Waals surface area (Å²) < 4.78 is 72.0. The Morgan fingerprint density at radius 1 is 0.750 bits per heavy atom. The van der Waals surface area contributed by atoms with Crippen LogP contribution in [0.3, 0.4) is 0 Å². The fraction of sp³-hybridized carbons (Fsp3) is 1.00. The molecule has 0 aliphatic heterocycles. The predicted octanol–water partition coefficient (Wildman–Crippen LogP) is 1.11. The summed E-state index contributed by atoms with van der Waals surface area (Å²) in [7, 11) is -4.94. The van der Waals surface area contributed by atoms with Crippen molar-refractivity contribution < 1.29 is 26.3 Å². The van der Waals surface area contributed by atoms with E-state index >= 15 is 0 Å². The molecule has 0 aliphatic rings. The summed E-state index contributed by atoms with van der Waals surface area (Å²) >= 11 is 0. The monoisotopic (exact) mass is 298 g/mol. The third-order valence-corrected chi connectivity index (χ3v) is 8.51. The van der Waals surface area contributed by atoms with Crippen molar-refractivity contribution >= 4 is 28.6 Å². The van der Waals surface area contributed by atoms with Crippen molar-refractivity contribution in [2.75, 3.05) is 0 Å². The van der Waals surface area contributed by atoms with Crippen LogP contribution in [-0.4, -0.2) is 46.7 Å². The maximum absolute atomic E-state index is 12.1. The Hall–Kier alpha value is 0.231. The van der Waals surface area contributed by atoms with Crippen LogP contribution in [-0.2, 0) is 0 Å². The van der Waals surface area contributed by atoms with Crippen LogP contribution in [0.5, 0.6) is 0 Å². The summed E-state index contributed by atoms with van der Waals surface area (Å²) in [5, 5.41) is -0.466. The summed E-state index contributed by atoms with van der Waals surface area (Å²) in [5.41, 5.74) is 0. The molecule has 0 saturated carbocycles. The lowest BCUT2D eigenvalue weighted by Crippen LogP contribution is -2.23. The molecule has 0 aromatic rings. The smallest absolute Gasteiger partial charge is 0.214 e. The molecule has 98 valence electrons. The molecule has 0 N–H and O–H groups in total. The molecule has 0 spiro atoms. The first kappa shape index (κ1) is 16.2. The number of hydrogen-bond donors (Lipinski definition) is 0. The molecular weight excluding hydrogens is 282 g/mol. The van der Waals surface area contributed by atoms with Crippen LogP contribution in [0.25, 0.3) is 0 Å². The van der Waals surface area contributed by atoms with Crippen molar-refractivity contribution in [2.45, 2.75) is 42.2 Å². The lowest BCUT2D eigenvalue weighted by Gasteiger charge is -2.14. The van der Waals surface area contributed by atoms with Crippen LogP contribution in [0, 0.1) is 0 Å². The Balaban J connectivity index is 3.73. The van der Waals surface area contributed by atoms with Crippen molar-refractivity contribution in [2.24, 2.45) is 0 Å². The number of alkyl halides is 6. The number of rotatable bonds is 9. The molecule has 0 bridgehead atoms. The number of hydrogen-bond acceptors (Lipinski definition) is 0. The molecule has 0 atom stereocenters. The van der Waals surface area contributed by atoms with E-state index in [2.05, 4.69) is 0 Å². The van der Waals surface area contributed by atoms with Gasteiger partial charge in [0.25, 0.3) is 0 Å². The van der Waals surface area contributed by atoms with Crippen LogP contribution < -0.4 is 0 Å². The normalized spacial score (nSPS) is 16.3. The second-order valence-corrected chi connectivity index (χ2v) is 11.3. The highest BCUT2D eigenvalue weighted by atomic mass is 28.3. The lowest BCUT2D eigenvalue weighted by atomic mass is 10.4. The molecule has 0 fully saturated rings. The maximum Gasteiger partial charge on any atom is 0.214 e. The maximum atomic E-state index is 12.1. The standard InChI is InChI=1S/C7H16F6Si3/c8-5(9)14-3-1-2-4(15-6(10)11)16-7(12)13/h4-7H,1-3,14-16H2. The third-order valence-electron chi connectivity index (χ3n) is 2.31. The van der Waals surface area contributed by atoms with Crippen LogP contribution in [0.15, 0.2) is 0 Å². The van der Waals surface area contributed by atoms with Gasteiger partial charge in [0.05, 0.1) is 0 Å². The Bertz CT molecular complexity index is 158. The van der Waals surface area contributed by atoms with E-state index in [0.717, 1.165) is 0 Å². The Labute approximate surface area is 97.6 Å². The molecule has 0 radical (unpaired) electrons. The quantitative estimate of drug-likeness (QED) is 0.340. The molecule has 0 aromatic carbocycles.